The van der Waals surface area contributed by atoms with Crippen LogP contribution in [-0.2, 0) is 15.1 Å². The van der Waals surface area contributed by atoms with Gasteiger partial charge in [0.2, 0.25) is 0 Å². The van der Waals surface area contributed by atoms with Gasteiger partial charge < -0.3 is 9.84 Å². The lowest BCUT2D eigenvalue weighted by molar-refractivity contribution is -0.148. The quantitative estimate of drug-likeness (QED) is 0.777. The van der Waals surface area contributed by atoms with Crippen molar-refractivity contribution in [1.82, 2.24) is 5.32 Å². The predicted molar refractivity (Wildman–Crippen MR) is 63.6 cm³/mol. The minimum atomic E-state index is -0.894. The molecule has 1 aliphatic carbocycles. The first kappa shape index (κ1) is 11.9. The van der Waals surface area contributed by atoms with E-state index in [1.165, 1.54) is 7.11 Å². The number of hydrogen-bond acceptors (Lipinski definition) is 4. The van der Waals surface area contributed by atoms with Gasteiger partial charge in [0.1, 0.15) is 11.3 Å². The van der Waals surface area contributed by atoms with E-state index in [-0.39, 0.29) is 11.7 Å². The summed E-state index contributed by atoms with van der Waals surface area (Å²) in [5.41, 5.74) is -0.175. The third-order valence-corrected chi connectivity index (χ3v) is 3.09. The standard InChI is InChI=1S/C13H17NO3/c1-13(12(16)17-2,14-10-6-7-10)9-4-3-5-11(15)8-9/h3-5,8,10,14-15H,6-7H2,1-2H3. The SMILES string of the molecule is COC(=O)C(C)(NC1CC1)c1cccc(O)c1. The Hall–Kier alpha value is -1.55. The molecule has 1 aliphatic rings. The number of benzene rings is 1. The second-order valence-electron chi connectivity index (χ2n) is 4.59. The number of rotatable bonds is 4. The third-order valence-electron chi connectivity index (χ3n) is 3.09. The molecule has 0 amide bonds. The molecule has 17 heavy (non-hydrogen) atoms. The number of esters is 1. The van der Waals surface area contributed by atoms with E-state index in [9.17, 15) is 9.90 Å². The first-order valence-electron chi connectivity index (χ1n) is 5.72. The fraction of sp³-hybridized carbons (Fsp3) is 0.462. The summed E-state index contributed by atoms with van der Waals surface area (Å²) >= 11 is 0. The molecule has 92 valence electrons. The van der Waals surface area contributed by atoms with Crippen molar-refractivity contribution in [1.29, 1.82) is 0 Å². The van der Waals surface area contributed by atoms with Crippen molar-refractivity contribution in [3.63, 3.8) is 0 Å². The van der Waals surface area contributed by atoms with Crippen LogP contribution in [0.1, 0.15) is 25.3 Å². The fourth-order valence-corrected chi connectivity index (χ4v) is 1.92. The first-order valence-corrected chi connectivity index (χ1v) is 5.72. The Bertz CT molecular complexity index is 428. The number of phenolic OH excluding ortho intramolecular Hbond substituents is 1. The van der Waals surface area contributed by atoms with E-state index in [1.807, 2.05) is 6.07 Å². The van der Waals surface area contributed by atoms with Crippen molar-refractivity contribution in [2.24, 2.45) is 0 Å². The van der Waals surface area contributed by atoms with Gasteiger partial charge in [-0.15, -0.1) is 0 Å². The number of aromatic hydroxyl groups is 1. The third kappa shape index (κ3) is 2.42. The molecular formula is C13H17NO3. The molecule has 2 N–H and O–H groups in total. The normalized spacial score (nSPS) is 18.5. The summed E-state index contributed by atoms with van der Waals surface area (Å²) < 4.78 is 4.86. The number of carbonyl (C=O) groups excluding carboxylic acids is 1. The largest absolute Gasteiger partial charge is 0.508 e. The number of methoxy groups -OCH3 is 1. The lowest BCUT2D eigenvalue weighted by Gasteiger charge is -2.28. The van der Waals surface area contributed by atoms with Crippen LogP contribution in [0.3, 0.4) is 0 Å². The highest BCUT2D eigenvalue weighted by molar-refractivity contribution is 5.82. The van der Waals surface area contributed by atoms with E-state index in [0.717, 1.165) is 18.4 Å². The van der Waals surface area contributed by atoms with Gasteiger partial charge in [0.15, 0.2) is 0 Å². The van der Waals surface area contributed by atoms with Gasteiger partial charge in [0.05, 0.1) is 7.11 Å². The summed E-state index contributed by atoms with van der Waals surface area (Å²) in [6.45, 7) is 1.78. The zero-order valence-electron chi connectivity index (χ0n) is 10.1. The molecule has 0 bridgehead atoms. The topological polar surface area (TPSA) is 58.6 Å². The molecule has 2 rings (SSSR count). The van der Waals surface area contributed by atoms with Crippen molar-refractivity contribution < 1.29 is 14.6 Å². The molecule has 0 spiro atoms. The lowest BCUT2D eigenvalue weighted by Crippen LogP contribution is -2.48. The number of nitrogens with one attached hydrogen (secondary N) is 1. The molecule has 0 saturated heterocycles. The molecule has 0 aromatic heterocycles. The Kier molecular flexibility index (Phi) is 3.07. The molecule has 0 radical (unpaired) electrons. The van der Waals surface area contributed by atoms with Crippen LogP contribution in [-0.4, -0.2) is 24.2 Å². The maximum absolute atomic E-state index is 11.9. The Morgan fingerprint density at radius 2 is 2.24 bits per heavy atom. The summed E-state index contributed by atoms with van der Waals surface area (Å²) in [6, 6.07) is 7.07. The average Bonchev–Trinajstić information content (AvgIpc) is 3.11. The van der Waals surface area contributed by atoms with Gasteiger partial charge in [-0.1, -0.05) is 12.1 Å². The summed E-state index contributed by atoms with van der Waals surface area (Å²) in [4.78, 5) is 11.9. The van der Waals surface area contributed by atoms with Gasteiger partial charge in [-0.3, -0.25) is 5.32 Å². The van der Waals surface area contributed by atoms with E-state index < -0.39 is 5.54 Å². The lowest BCUT2D eigenvalue weighted by atomic mass is 9.91. The van der Waals surface area contributed by atoms with Crippen molar-refractivity contribution in [3.8, 4) is 5.75 Å². The van der Waals surface area contributed by atoms with E-state index in [0.29, 0.717) is 6.04 Å². The Labute approximate surface area is 101 Å². The molecular weight excluding hydrogens is 218 g/mol. The molecule has 1 fully saturated rings. The van der Waals surface area contributed by atoms with Gasteiger partial charge in [-0.2, -0.15) is 0 Å². The van der Waals surface area contributed by atoms with Crippen LogP contribution in [0.5, 0.6) is 5.75 Å². The van der Waals surface area contributed by atoms with Crippen LogP contribution in [0, 0.1) is 0 Å². The van der Waals surface area contributed by atoms with Crippen LogP contribution in [0.25, 0.3) is 0 Å². The first-order chi connectivity index (χ1) is 8.06. The molecule has 4 heteroatoms. The van der Waals surface area contributed by atoms with Crippen LogP contribution in [0.15, 0.2) is 24.3 Å². The van der Waals surface area contributed by atoms with Gasteiger partial charge in [0, 0.05) is 6.04 Å². The zero-order valence-corrected chi connectivity index (χ0v) is 10.1. The smallest absolute Gasteiger partial charge is 0.330 e. The monoisotopic (exact) mass is 235 g/mol. The van der Waals surface area contributed by atoms with Crippen LogP contribution in [0.2, 0.25) is 0 Å². The molecule has 1 aromatic rings. The van der Waals surface area contributed by atoms with Crippen LogP contribution >= 0.6 is 0 Å². The second kappa shape index (κ2) is 4.37. The minimum Gasteiger partial charge on any atom is -0.508 e. The number of phenols is 1. The summed E-state index contributed by atoms with van der Waals surface area (Å²) in [5, 5.41) is 12.8. The van der Waals surface area contributed by atoms with Gasteiger partial charge in [-0.25, -0.2) is 4.79 Å². The Morgan fingerprint density at radius 3 is 2.76 bits per heavy atom. The van der Waals surface area contributed by atoms with Gasteiger partial charge in [0.25, 0.3) is 0 Å². The highest BCUT2D eigenvalue weighted by Crippen LogP contribution is 2.30. The van der Waals surface area contributed by atoms with Crippen molar-refractivity contribution in [3.05, 3.63) is 29.8 Å². The number of ether oxygens (including phenoxy) is 1. The molecule has 4 nitrogen and oxygen atoms in total. The van der Waals surface area contributed by atoms with E-state index in [1.54, 1.807) is 25.1 Å². The summed E-state index contributed by atoms with van der Waals surface area (Å²) in [5.74, 6) is -0.190. The maximum atomic E-state index is 11.9. The fourth-order valence-electron chi connectivity index (χ4n) is 1.92. The second-order valence-corrected chi connectivity index (χ2v) is 4.59. The van der Waals surface area contributed by atoms with E-state index >= 15 is 0 Å². The van der Waals surface area contributed by atoms with E-state index in [2.05, 4.69) is 5.32 Å². The average molecular weight is 235 g/mol. The molecule has 0 heterocycles. The van der Waals surface area contributed by atoms with Crippen molar-refractivity contribution in [2.45, 2.75) is 31.3 Å². The summed E-state index contributed by atoms with van der Waals surface area (Å²) in [6.07, 6.45) is 2.15. The minimum absolute atomic E-state index is 0.148. The van der Waals surface area contributed by atoms with Gasteiger partial charge in [-0.05, 0) is 37.5 Å². The number of carbonyl (C=O) groups is 1. The summed E-state index contributed by atoms with van der Waals surface area (Å²) in [7, 11) is 1.37. The highest BCUT2D eigenvalue weighted by atomic mass is 16.5. The van der Waals surface area contributed by atoms with Crippen LogP contribution < -0.4 is 5.32 Å². The van der Waals surface area contributed by atoms with Crippen molar-refractivity contribution >= 4 is 5.97 Å². The molecule has 0 aliphatic heterocycles. The highest BCUT2D eigenvalue weighted by Gasteiger charge is 2.41. The molecule has 1 atom stereocenters. The number of hydrogen-bond donors (Lipinski definition) is 2. The molecule has 1 aromatic carbocycles. The Morgan fingerprint density at radius 1 is 1.53 bits per heavy atom. The Balaban J connectivity index is 2.34. The molecule has 1 saturated carbocycles. The van der Waals surface area contributed by atoms with Crippen molar-refractivity contribution in [2.75, 3.05) is 7.11 Å². The maximum Gasteiger partial charge on any atom is 0.330 e. The molecule has 1 unspecified atom stereocenters. The van der Waals surface area contributed by atoms with Gasteiger partial charge >= 0.3 is 5.97 Å². The van der Waals surface area contributed by atoms with E-state index in [4.69, 9.17) is 4.74 Å². The zero-order chi connectivity index (χ0) is 12.5. The predicted octanol–water partition coefficient (Wildman–Crippen LogP) is 1.53. The van der Waals surface area contributed by atoms with Crippen LogP contribution in [0.4, 0.5) is 0 Å².